The van der Waals surface area contributed by atoms with Crippen molar-refractivity contribution >= 4 is 23.8 Å². The van der Waals surface area contributed by atoms with Crippen LogP contribution in [0.5, 0.6) is 0 Å². The summed E-state index contributed by atoms with van der Waals surface area (Å²) in [4.78, 5) is 46.0. The number of imide groups is 2. The number of unbranched alkanes of at least 4 members (excludes halogenated alkanes) is 5. The van der Waals surface area contributed by atoms with Crippen LogP contribution in [-0.2, 0) is 14.4 Å². The second kappa shape index (κ2) is 7.75. The van der Waals surface area contributed by atoms with Crippen molar-refractivity contribution in [3.63, 3.8) is 0 Å². The molecule has 4 amide bonds. The first-order valence-corrected chi connectivity index (χ1v) is 7.31. The van der Waals surface area contributed by atoms with Gasteiger partial charge in [-0.05, 0) is 6.42 Å². The summed E-state index contributed by atoms with van der Waals surface area (Å²) in [6.45, 7) is 2.11. The third-order valence-corrected chi connectivity index (χ3v) is 3.73. The van der Waals surface area contributed by atoms with Gasteiger partial charge in [0.15, 0.2) is 0 Å². The molecule has 0 aromatic carbocycles. The summed E-state index contributed by atoms with van der Waals surface area (Å²) in [5.41, 5.74) is -1.68. The number of carbonyl (C=O) groups excluding carboxylic acids is 3. The monoisotopic (exact) mass is 298 g/mol. The number of urea groups is 1. The van der Waals surface area contributed by atoms with Crippen LogP contribution in [0.2, 0.25) is 0 Å². The zero-order valence-corrected chi connectivity index (χ0v) is 12.2. The lowest BCUT2D eigenvalue weighted by Gasteiger charge is -2.32. The number of carboxylic acids is 1. The molecule has 0 radical (unpaired) electrons. The van der Waals surface area contributed by atoms with Crippen LogP contribution in [-0.4, -0.2) is 28.9 Å². The van der Waals surface area contributed by atoms with E-state index < -0.39 is 35.7 Å². The van der Waals surface area contributed by atoms with Gasteiger partial charge in [-0.15, -0.1) is 0 Å². The minimum Gasteiger partial charge on any atom is -0.481 e. The fourth-order valence-electron chi connectivity index (χ4n) is 2.52. The average molecular weight is 298 g/mol. The second-order valence-corrected chi connectivity index (χ2v) is 5.41. The molecule has 118 valence electrons. The fraction of sp³-hybridized carbons (Fsp3) is 0.714. The van der Waals surface area contributed by atoms with Gasteiger partial charge in [-0.3, -0.25) is 25.0 Å². The Labute approximate surface area is 123 Å². The molecule has 21 heavy (non-hydrogen) atoms. The van der Waals surface area contributed by atoms with Crippen LogP contribution in [0.3, 0.4) is 0 Å². The highest BCUT2D eigenvalue weighted by atomic mass is 16.4. The van der Waals surface area contributed by atoms with Gasteiger partial charge in [0.2, 0.25) is 11.8 Å². The number of rotatable bonds is 9. The van der Waals surface area contributed by atoms with Gasteiger partial charge in [0, 0.05) is 0 Å². The van der Waals surface area contributed by atoms with Crippen molar-refractivity contribution in [1.82, 2.24) is 10.6 Å². The number of hydrogen-bond donors (Lipinski definition) is 3. The summed E-state index contributed by atoms with van der Waals surface area (Å²) in [6, 6.07) is -0.894. The SMILES string of the molecule is CCCCCCCCC1(CC(=O)O)C(=O)NC(=O)NC1=O. The average Bonchev–Trinajstić information content (AvgIpc) is 2.39. The highest BCUT2D eigenvalue weighted by Gasteiger charge is 2.51. The molecular formula is C14H22N2O5. The van der Waals surface area contributed by atoms with E-state index in [9.17, 15) is 19.2 Å². The Morgan fingerprint density at radius 3 is 2.05 bits per heavy atom. The quantitative estimate of drug-likeness (QED) is 0.441. The summed E-state index contributed by atoms with van der Waals surface area (Å²) in [5.74, 6) is -2.86. The van der Waals surface area contributed by atoms with E-state index in [-0.39, 0.29) is 6.42 Å². The maximum Gasteiger partial charge on any atom is 0.328 e. The van der Waals surface area contributed by atoms with Crippen LogP contribution in [0.25, 0.3) is 0 Å². The molecule has 0 atom stereocenters. The van der Waals surface area contributed by atoms with Gasteiger partial charge in [-0.25, -0.2) is 4.79 Å². The first-order chi connectivity index (χ1) is 9.92. The molecule has 0 saturated carbocycles. The zero-order valence-electron chi connectivity index (χ0n) is 12.2. The van der Waals surface area contributed by atoms with Crippen LogP contribution < -0.4 is 10.6 Å². The Kier molecular flexibility index (Phi) is 6.33. The molecule has 0 unspecified atom stereocenters. The first kappa shape index (κ1) is 17.1. The summed E-state index contributed by atoms with van der Waals surface area (Å²) < 4.78 is 0. The lowest BCUT2D eigenvalue weighted by atomic mass is 9.76. The molecule has 0 spiro atoms. The zero-order chi connectivity index (χ0) is 15.9. The summed E-state index contributed by atoms with van der Waals surface area (Å²) >= 11 is 0. The Morgan fingerprint density at radius 1 is 1.00 bits per heavy atom. The van der Waals surface area contributed by atoms with Crippen LogP contribution in [0, 0.1) is 5.41 Å². The fourth-order valence-corrected chi connectivity index (χ4v) is 2.52. The predicted octanol–water partition coefficient (Wildman–Crippen LogP) is 1.56. The lowest BCUT2D eigenvalue weighted by Crippen LogP contribution is -2.62. The minimum absolute atomic E-state index is 0.135. The van der Waals surface area contributed by atoms with Crippen molar-refractivity contribution in [2.75, 3.05) is 0 Å². The number of nitrogens with one attached hydrogen (secondary N) is 2. The molecule has 0 aromatic heterocycles. The van der Waals surface area contributed by atoms with Crippen LogP contribution in [0.15, 0.2) is 0 Å². The summed E-state index contributed by atoms with van der Waals surface area (Å²) in [7, 11) is 0. The van der Waals surface area contributed by atoms with Crippen molar-refractivity contribution < 1.29 is 24.3 Å². The van der Waals surface area contributed by atoms with Crippen molar-refractivity contribution in [3.8, 4) is 0 Å². The van der Waals surface area contributed by atoms with Crippen molar-refractivity contribution in [1.29, 1.82) is 0 Å². The largest absolute Gasteiger partial charge is 0.481 e. The number of barbiturate groups is 1. The van der Waals surface area contributed by atoms with E-state index in [0.717, 1.165) is 32.1 Å². The summed E-state index contributed by atoms with van der Waals surface area (Å²) in [5, 5.41) is 12.9. The molecule has 1 rings (SSSR count). The van der Waals surface area contributed by atoms with Crippen LogP contribution >= 0.6 is 0 Å². The van der Waals surface area contributed by atoms with E-state index >= 15 is 0 Å². The van der Waals surface area contributed by atoms with Crippen LogP contribution in [0.4, 0.5) is 4.79 Å². The Morgan fingerprint density at radius 2 is 1.52 bits per heavy atom. The maximum absolute atomic E-state index is 12.0. The lowest BCUT2D eigenvalue weighted by molar-refractivity contribution is -0.154. The third kappa shape index (κ3) is 4.54. The molecule has 0 aromatic rings. The van der Waals surface area contributed by atoms with Crippen LogP contribution in [0.1, 0.15) is 58.3 Å². The van der Waals surface area contributed by atoms with E-state index in [1.165, 1.54) is 0 Å². The van der Waals surface area contributed by atoms with E-state index in [4.69, 9.17) is 5.11 Å². The molecule has 0 bridgehead atoms. The molecule has 7 heteroatoms. The number of carbonyl (C=O) groups is 4. The predicted molar refractivity (Wildman–Crippen MR) is 74.4 cm³/mol. The molecule has 0 aliphatic carbocycles. The van der Waals surface area contributed by atoms with Crippen molar-refractivity contribution in [3.05, 3.63) is 0 Å². The molecule has 1 heterocycles. The standard InChI is InChI=1S/C14H22N2O5/c1-2-3-4-5-6-7-8-14(9-10(17)18)11(19)15-13(21)16-12(14)20/h2-9H2,1H3,(H,17,18)(H2,15,16,19,20,21). The molecule has 7 nitrogen and oxygen atoms in total. The topological polar surface area (TPSA) is 113 Å². The molecular weight excluding hydrogens is 276 g/mol. The third-order valence-electron chi connectivity index (χ3n) is 3.73. The molecule has 1 saturated heterocycles. The smallest absolute Gasteiger partial charge is 0.328 e. The van der Waals surface area contributed by atoms with Gasteiger partial charge in [0.05, 0.1) is 6.42 Å². The maximum atomic E-state index is 12.0. The number of hydrogen-bond acceptors (Lipinski definition) is 4. The van der Waals surface area contributed by atoms with Gasteiger partial charge in [0.25, 0.3) is 0 Å². The molecule has 3 N–H and O–H groups in total. The molecule has 1 fully saturated rings. The van der Waals surface area contributed by atoms with Gasteiger partial charge in [-0.1, -0.05) is 45.4 Å². The second-order valence-electron chi connectivity index (χ2n) is 5.41. The van der Waals surface area contributed by atoms with Gasteiger partial charge < -0.3 is 5.11 Å². The van der Waals surface area contributed by atoms with E-state index in [1.54, 1.807) is 0 Å². The first-order valence-electron chi connectivity index (χ1n) is 7.31. The highest BCUT2D eigenvalue weighted by molar-refractivity contribution is 6.20. The Hall–Kier alpha value is -1.92. The minimum atomic E-state index is -1.68. The molecule has 1 aliphatic heterocycles. The number of aliphatic carboxylic acids is 1. The van der Waals surface area contributed by atoms with E-state index in [2.05, 4.69) is 6.92 Å². The van der Waals surface area contributed by atoms with Crippen molar-refractivity contribution in [2.24, 2.45) is 5.41 Å². The Balaban J connectivity index is 2.66. The molecule has 1 aliphatic rings. The number of amides is 4. The van der Waals surface area contributed by atoms with E-state index in [0.29, 0.717) is 6.42 Å². The number of carboxylic acid groups (broad SMARTS) is 1. The van der Waals surface area contributed by atoms with Crippen molar-refractivity contribution in [2.45, 2.75) is 58.3 Å². The van der Waals surface area contributed by atoms with Gasteiger partial charge >= 0.3 is 12.0 Å². The normalized spacial score (nSPS) is 17.3. The van der Waals surface area contributed by atoms with E-state index in [1.807, 2.05) is 10.6 Å². The highest BCUT2D eigenvalue weighted by Crippen LogP contribution is 2.32. The van der Waals surface area contributed by atoms with Gasteiger partial charge in [0.1, 0.15) is 5.41 Å². The van der Waals surface area contributed by atoms with Gasteiger partial charge in [-0.2, -0.15) is 0 Å². The Bertz CT molecular complexity index is 413. The summed E-state index contributed by atoms with van der Waals surface area (Å²) in [6.07, 6.45) is 5.26.